The molecule has 7 nitrogen and oxygen atoms in total. The highest BCUT2D eigenvalue weighted by Crippen LogP contribution is 2.25. The Hall–Kier alpha value is -2.17. The van der Waals surface area contributed by atoms with Crippen molar-refractivity contribution in [2.24, 2.45) is 0 Å². The number of hydrogen-bond donors (Lipinski definition) is 0. The van der Waals surface area contributed by atoms with Crippen LogP contribution in [-0.2, 0) is 4.74 Å². The number of halogens is 1. The van der Waals surface area contributed by atoms with Gasteiger partial charge in [0.15, 0.2) is 5.69 Å². The smallest absolute Gasteiger partial charge is 0.373 e. The standard InChI is InChI=1S/C20H19N2OS.ClHO4/c1-3-7-16(8-4-1)18-15-19(17-9-5-2-6-10-17)24-20(21-18)22-11-13-23-14-12-22;2-1(3,4)5/h1-10,15H,11-14H2;(H,2,3,4,5)/q+1;/p-1. The number of morpholine rings is 1. The highest BCUT2D eigenvalue weighted by molar-refractivity contribution is 7.12. The Labute approximate surface area is 174 Å². The molecule has 0 radical (unpaired) electrons. The molecule has 1 aromatic heterocycles. The van der Waals surface area contributed by atoms with Gasteiger partial charge in [-0.05, 0) is 21.9 Å². The second-order valence-electron chi connectivity index (χ2n) is 6.10. The van der Waals surface area contributed by atoms with Gasteiger partial charge in [-0.2, -0.15) is 0 Å². The summed E-state index contributed by atoms with van der Waals surface area (Å²) >= 11 is 1.75. The summed E-state index contributed by atoms with van der Waals surface area (Å²) in [6.07, 6.45) is 0. The molecule has 0 N–H and O–H groups in total. The van der Waals surface area contributed by atoms with Crippen molar-refractivity contribution in [1.29, 1.82) is 0 Å². The third-order valence-electron chi connectivity index (χ3n) is 4.09. The van der Waals surface area contributed by atoms with Crippen LogP contribution in [0.1, 0.15) is 0 Å². The summed E-state index contributed by atoms with van der Waals surface area (Å²) in [6, 6.07) is 23.1. The van der Waals surface area contributed by atoms with Crippen molar-refractivity contribution in [3.63, 3.8) is 0 Å². The van der Waals surface area contributed by atoms with Crippen LogP contribution in [0.3, 0.4) is 0 Å². The summed E-state index contributed by atoms with van der Waals surface area (Å²) in [6.45, 7) is 3.33. The molecule has 1 saturated heterocycles. The maximum atomic E-state index is 8.49. The van der Waals surface area contributed by atoms with Crippen LogP contribution in [0.5, 0.6) is 0 Å². The van der Waals surface area contributed by atoms with Crippen molar-refractivity contribution in [1.82, 2.24) is 9.56 Å². The average molecular weight is 435 g/mol. The number of ether oxygens (including phenoxy) is 1. The fourth-order valence-electron chi connectivity index (χ4n) is 2.80. The van der Waals surface area contributed by atoms with Gasteiger partial charge in [-0.3, -0.25) is 0 Å². The van der Waals surface area contributed by atoms with Crippen molar-refractivity contribution in [2.75, 3.05) is 26.3 Å². The van der Waals surface area contributed by atoms with Gasteiger partial charge in [0, 0.05) is 16.5 Å². The normalized spacial score (nSPS) is 14.1. The molecule has 1 aliphatic rings. The minimum absolute atomic E-state index is 0.768. The minimum atomic E-state index is -4.94. The SMILES string of the molecule is [O-][Cl+3]([O-])([O-])[O-].c1ccc(-c2cc(-c3ccccc3)sc(=[N+]3CCOCC3)n2)cc1. The lowest BCUT2D eigenvalue weighted by atomic mass is 10.1. The Kier molecular flexibility index (Phi) is 7.45. The van der Waals surface area contributed by atoms with Crippen molar-refractivity contribution < 1.29 is 33.6 Å². The quantitative estimate of drug-likeness (QED) is 0.454. The predicted molar refractivity (Wildman–Crippen MR) is 98.8 cm³/mol. The number of aromatic nitrogens is 1. The van der Waals surface area contributed by atoms with E-state index < -0.39 is 10.2 Å². The van der Waals surface area contributed by atoms with Gasteiger partial charge in [0.1, 0.15) is 13.1 Å². The van der Waals surface area contributed by atoms with Crippen molar-refractivity contribution in [3.05, 3.63) is 71.5 Å². The van der Waals surface area contributed by atoms with E-state index in [0.717, 1.165) is 42.4 Å². The molecule has 29 heavy (non-hydrogen) atoms. The number of benzene rings is 2. The van der Waals surface area contributed by atoms with E-state index in [9.17, 15) is 0 Å². The van der Waals surface area contributed by atoms with E-state index in [0.29, 0.717) is 0 Å². The molecule has 0 amide bonds. The third kappa shape index (κ3) is 6.98. The molecule has 2 heterocycles. The predicted octanol–water partition coefficient (Wildman–Crippen LogP) is -1.48. The van der Waals surface area contributed by atoms with Gasteiger partial charge >= 0.3 is 4.80 Å². The van der Waals surface area contributed by atoms with Gasteiger partial charge in [0.2, 0.25) is 0 Å². The Morgan fingerprint density at radius 3 is 1.90 bits per heavy atom. The van der Waals surface area contributed by atoms with Crippen molar-refractivity contribution in [3.8, 4) is 21.7 Å². The molecule has 0 saturated carbocycles. The second kappa shape index (κ2) is 10.0. The largest absolute Gasteiger partial charge is 0.378 e. The Bertz CT molecular complexity index is 916. The molecular weight excluding hydrogens is 416 g/mol. The summed E-state index contributed by atoms with van der Waals surface area (Å²) in [4.78, 5) is 7.25. The van der Waals surface area contributed by atoms with E-state index in [1.54, 1.807) is 11.3 Å². The molecule has 1 aliphatic heterocycles. The Morgan fingerprint density at radius 1 is 0.828 bits per heavy atom. The van der Waals surface area contributed by atoms with Crippen LogP contribution in [0.15, 0.2) is 66.7 Å². The maximum absolute atomic E-state index is 8.49. The average Bonchev–Trinajstić information content (AvgIpc) is 2.74. The van der Waals surface area contributed by atoms with Gasteiger partial charge in [-0.25, -0.2) is 23.2 Å². The Morgan fingerprint density at radius 2 is 1.34 bits per heavy atom. The summed E-state index contributed by atoms with van der Waals surface area (Å²) in [5.74, 6) is 0. The molecule has 3 aromatic rings. The summed E-state index contributed by atoms with van der Waals surface area (Å²) in [5, 5.41) is 0. The topological polar surface area (TPSA) is 117 Å². The van der Waals surface area contributed by atoms with Crippen LogP contribution in [0.4, 0.5) is 0 Å². The van der Waals surface area contributed by atoms with E-state index in [2.05, 4.69) is 65.2 Å². The summed E-state index contributed by atoms with van der Waals surface area (Å²) in [5.41, 5.74) is 3.41. The fourth-order valence-corrected chi connectivity index (χ4v) is 3.88. The zero-order chi connectivity index (χ0) is 20.7. The van der Waals surface area contributed by atoms with Gasteiger partial charge < -0.3 is 4.74 Å². The molecule has 0 bridgehead atoms. The zero-order valence-electron chi connectivity index (χ0n) is 15.4. The lowest BCUT2D eigenvalue weighted by Crippen LogP contribution is -2.68. The highest BCUT2D eigenvalue weighted by Gasteiger charge is 2.16. The first kappa shape index (κ1) is 21.5. The summed E-state index contributed by atoms with van der Waals surface area (Å²) in [7, 11) is -4.94. The first-order valence-corrected chi connectivity index (χ1v) is 10.9. The highest BCUT2D eigenvalue weighted by atomic mass is 35.7. The van der Waals surface area contributed by atoms with E-state index in [1.165, 1.54) is 10.4 Å². The zero-order valence-corrected chi connectivity index (χ0v) is 17.0. The van der Waals surface area contributed by atoms with Gasteiger partial charge in [0.05, 0.1) is 13.2 Å². The van der Waals surface area contributed by atoms with Crippen LogP contribution < -0.4 is 28.0 Å². The molecule has 2 aromatic carbocycles. The van der Waals surface area contributed by atoms with Crippen LogP contribution in [-0.4, -0.2) is 31.3 Å². The molecule has 1 fully saturated rings. The molecule has 9 heteroatoms. The molecule has 0 aliphatic carbocycles. The van der Waals surface area contributed by atoms with Gasteiger partial charge in [0.25, 0.3) is 0 Å². The third-order valence-corrected chi connectivity index (χ3v) is 5.20. The van der Waals surface area contributed by atoms with Crippen molar-refractivity contribution in [2.45, 2.75) is 0 Å². The number of nitrogens with zero attached hydrogens (tertiary/aromatic N) is 2. The first-order chi connectivity index (χ1) is 13.9. The Balaban J connectivity index is 0.000000431. The van der Waals surface area contributed by atoms with E-state index in [1.807, 2.05) is 6.07 Å². The van der Waals surface area contributed by atoms with Crippen LogP contribution >= 0.6 is 11.3 Å². The molecule has 4 rings (SSSR count). The number of hydrogen-bond acceptors (Lipinski definition) is 7. The second-order valence-corrected chi connectivity index (χ2v) is 7.86. The van der Waals surface area contributed by atoms with Crippen LogP contribution in [0, 0.1) is 10.2 Å². The summed E-state index contributed by atoms with van der Waals surface area (Å²) < 4.78 is 41.8. The molecule has 0 atom stereocenters. The molecule has 152 valence electrons. The fraction of sp³-hybridized carbons (Fsp3) is 0.200. The lowest BCUT2D eigenvalue weighted by molar-refractivity contribution is -2.00. The van der Waals surface area contributed by atoms with Crippen molar-refractivity contribution >= 4 is 11.3 Å². The van der Waals surface area contributed by atoms with Gasteiger partial charge in [-0.15, -0.1) is 10.2 Å². The molecule has 0 spiro atoms. The minimum Gasteiger partial charge on any atom is -0.373 e. The first-order valence-electron chi connectivity index (χ1n) is 8.80. The lowest BCUT2D eigenvalue weighted by Gasteiger charge is -2.17. The van der Waals surface area contributed by atoms with Crippen LogP contribution in [0.25, 0.3) is 21.7 Å². The van der Waals surface area contributed by atoms with E-state index >= 15 is 0 Å². The monoisotopic (exact) mass is 434 g/mol. The maximum Gasteiger partial charge on any atom is 0.378 e. The molecular formula is C20H19ClN2O5S. The van der Waals surface area contributed by atoms with Crippen LogP contribution in [0.2, 0.25) is 0 Å². The van der Waals surface area contributed by atoms with E-state index in [-0.39, 0.29) is 0 Å². The molecule has 0 unspecified atom stereocenters. The van der Waals surface area contributed by atoms with Gasteiger partial charge in [-0.1, -0.05) is 60.7 Å². The van der Waals surface area contributed by atoms with E-state index in [4.69, 9.17) is 28.4 Å². The number of rotatable bonds is 2.